The SMILES string of the molecule is CNc1ccc2ccc(CC[C@H]3C[C@@H](n4ccc5c(OC)ncnc54)[C@@H]4OC(C)(C)O[C@H]34)cc2n1. The molecule has 3 aromatic heterocycles. The molecule has 6 rings (SSSR count). The largest absolute Gasteiger partial charge is 0.480 e. The Bertz CT molecular complexity index is 1380. The van der Waals surface area contributed by atoms with Gasteiger partial charge in [0.15, 0.2) is 5.79 Å². The summed E-state index contributed by atoms with van der Waals surface area (Å²) in [6.45, 7) is 4.01. The Kier molecular flexibility index (Phi) is 5.38. The van der Waals surface area contributed by atoms with Gasteiger partial charge in [-0.1, -0.05) is 12.1 Å². The van der Waals surface area contributed by atoms with Gasteiger partial charge in [0.25, 0.3) is 0 Å². The van der Waals surface area contributed by atoms with Gasteiger partial charge in [-0.2, -0.15) is 0 Å². The van der Waals surface area contributed by atoms with Gasteiger partial charge in [0.2, 0.25) is 5.88 Å². The normalized spacial score (nSPS) is 25.3. The lowest BCUT2D eigenvalue weighted by Crippen LogP contribution is -2.27. The summed E-state index contributed by atoms with van der Waals surface area (Å²) in [6.07, 6.45) is 6.62. The molecule has 0 bridgehead atoms. The molecule has 8 nitrogen and oxygen atoms in total. The van der Waals surface area contributed by atoms with Crippen LogP contribution in [0, 0.1) is 5.92 Å². The number of ether oxygens (including phenoxy) is 3. The van der Waals surface area contributed by atoms with Gasteiger partial charge < -0.3 is 24.1 Å². The third-order valence-electron chi connectivity index (χ3n) is 7.39. The van der Waals surface area contributed by atoms with Gasteiger partial charge in [0.05, 0.1) is 30.2 Å². The molecule has 1 saturated heterocycles. The van der Waals surface area contributed by atoms with E-state index in [0.717, 1.165) is 47.0 Å². The molecule has 1 N–H and O–H groups in total. The molecule has 35 heavy (non-hydrogen) atoms. The number of methoxy groups -OCH3 is 1. The molecule has 4 atom stereocenters. The average Bonchev–Trinajstić information content (AvgIpc) is 3.52. The van der Waals surface area contributed by atoms with Crippen LogP contribution in [0.3, 0.4) is 0 Å². The molecular weight excluding hydrogens is 442 g/mol. The van der Waals surface area contributed by atoms with Crippen molar-refractivity contribution in [1.82, 2.24) is 19.5 Å². The Hall–Kier alpha value is -3.23. The molecule has 182 valence electrons. The number of anilines is 1. The molecule has 0 amide bonds. The van der Waals surface area contributed by atoms with Gasteiger partial charge in [-0.3, -0.25) is 0 Å². The van der Waals surface area contributed by atoms with E-state index in [2.05, 4.69) is 50.3 Å². The lowest BCUT2D eigenvalue weighted by molar-refractivity contribution is -0.160. The Labute approximate surface area is 204 Å². The number of fused-ring (bicyclic) bond motifs is 3. The van der Waals surface area contributed by atoms with Gasteiger partial charge in [-0.05, 0) is 68.9 Å². The predicted molar refractivity (Wildman–Crippen MR) is 135 cm³/mol. The number of hydrogen-bond donors (Lipinski definition) is 1. The smallest absolute Gasteiger partial charge is 0.225 e. The maximum atomic E-state index is 6.45. The third-order valence-corrected chi connectivity index (χ3v) is 7.39. The van der Waals surface area contributed by atoms with Crippen LogP contribution in [0.25, 0.3) is 21.9 Å². The standard InChI is InChI=1S/C27H31N5O3/c1-27(2)34-23-18(8-6-16-5-7-17-9-10-22(28-3)31-20(17)13-16)14-21(24(23)35-27)32-12-11-19-25(32)29-15-30-26(19)33-4/h5,7,9-13,15,18,21,23-24H,6,8,14H2,1-4H3,(H,28,31)/t18-,21+,23+,24-/m0/s1. The Morgan fingerprint density at radius 2 is 1.94 bits per heavy atom. The summed E-state index contributed by atoms with van der Waals surface area (Å²) in [4.78, 5) is 13.5. The highest BCUT2D eigenvalue weighted by molar-refractivity contribution is 5.82. The molecule has 2 fully saturated rings. The fourth-order valence-electron chi connectivity index (χ4n) is 5.80. The maximum absolute atomic E-state index is 6.45. The topological polar surface area (TPSA) is 83.3 Å². The third kappa shape index (κ3) is 3.90. The lowest BCUT2D eigenvalue weighted by atomic mass is 9.95. The van der Waals surface area contributed by atoms with Crippen molar-refractivity contribution in [3.8, 4) is 5.88 Å². The van der Waals surface area contributed by atoms with Gasteiger partial charge >= 0.3 is 0 Å². The van der Waals surface area contributed by atoms with Crippen LogP contribution in [0.15, 0.2) is 48.9 Å². The zero-order chi connectivity index (χ0) is 24.2. The second-order valence-electron chi connectivity index (χ2n) is 9.98. The van der Waals surface area contributed by atoms with E-state index in [0.29, 0.717) is 11.8 Å². The van der Waals surface area contributed by atoms with Gasteiger partial charge in [0, 0.05) is 18.6 Å². The number of nitrogens with zero attached hydrogens (tertiary/aromatic N) is 4. The van der Waals surface area contributed by atoms with Gasteiger partial charge in [-0.25, -0.2) is 15.0 Å². The van der Waals surface area contributed by atoms with Crippen molar-refractivity contribution in [1.29, 1.82) is 0 Å². The van der Waals surface area contributed by atoms with E-state index in [9.17, 15) is 0 Å². The number of hydrogen-bond acceptors (Lipinski definition) is 7. The van der Waals surface area contributed by atoms with E-state index in [1.54, 1.807) is 13.4 Å². The second kappa shape index (κ2) is 8.46. The predicted octanol–water partition coefficient (Wildman–Crippen LogP) is 4.74. The van der Waals surface area contributed by atoms with Gasteiger partial charge in [0.1, 0.15) is 23.9 Å². The van der Waals surface area contributed by atoms with Crippen molar-refractivity contribution >= 4 is 27.8 Å². The Morgan fingerprint density at radius 1 is 1.11 bits per heavy atom. The van der Waals surface area contributed by atoms with Crippen LogP contribution in [0.2, 0.25) is 0 Å². The summed E-state index contributed by atoms with van der Waals surface area (Å²) in [5, 5.41) is 5.19. The summed E-state index contributed by atoms with van der Waals surface area (Å²) in [5.74, 6) is 1.25. The van der Waals surface area contributed by atoms with Crippen molar-refractivity contribution in [3.63, 3.8) is 0 Å². The molecule has 4 heterocycles. The summed E-state index contributed by atoms with van der Waals surface area (Å²) in [6, 6.07) is 12.9. The summed E-state index contributed by atoms with van der Waals surface area (Å²) in [5.41, 5.74) is 3.18. The molecule has 0 radical (unpaired) electrons. The van der Waals surface area contributed by atoms with Crippen LogP contribution < -0.4 is 10.1 Å². The quantitative estimate of drug-likeness (QED) is 0.433. The first-order valence-corrected chi connectivity index (χ1v) is 12.2. The minimum Gasteiger partial charge on any atom is -0.480 e. The van der Waals surface area contributed by atoms with E-state index >= 15 is 0 Å². The molecule has 2 aliphatic rings. The molecule has 4 aromatic rings. The van der Waals surface area contributed by atoms with Crippen molar-refractivity contribution < 1.29 is 14.2 Å². The molecule has 1 saturated carbocycles. The van der Waals surface area contributed by atoms with Crippen molar-refractivity contribution in [2.45, 2.75) is 57.1 Å². The van der Waals surface area contributed by atoms with Crippen LogP contribution in [-0.4, -0.2) is 51.7 Å². The number of benzene rings is 1. The maximum Gasteiger partial charge on any atom is 0.225 e. The minimum absolute atomic E-state index is 0.0250. The van der Waals surface area contributed by atoms with Crippen LogP contribution in [0.1, 0.15) is 38.3 Å². The highest BCUT2D eigenvalue weighted by Crippen LogP contribution is 2.49. The van der Waals surface area contributed by atoms with Crippen LogP contribution >= 0.6 is 0 Å². The summed E-state index contributed by atoms with van der Waals surface area (Å²) >= 11 is 0. The first-order chi connectivity index (χ1) is 17.0. The molecule has 1 aliphatic heterocycles. The van der Waals surface area contributed by atoms with E-state index in [4.69, 9.17) is 19.2 Å². The zero-order valence-electron chi connectivity index (χ0n) is 20.6. The molecule has 0 spiro atoms. The van der Waals surface area contributed by atoms with E-state index < -0.39 is 5.79 Å². The van der Waals surface area contributed by atoms with Crippen LogP contribution in [-0.2, 0) is 15.9 Å². The zero-order valence-corrected chi connectivity index (χ0v) is 20.6. The fraction of sp³-hybridized carbons (Fsp3) is 0.444. The number of aromatic nitrogens is 4. The Morgan fingerprint density at radius 3 is 2.77 bits per heavy atom. The van der Waals surface area contributed by atoms with Crippen molar-refractivity contribution in [3.05, 3.63) is 54.5 Å². The number of nitrogens with one attached hydrogen (secondary N) is 1. The highest BCUT2D eigenvalue weighted by atomic mass is 16.8. The van der Waals surface area contributed by atoms with Crippen LogP contribution in [0.4, 0.5) is 5.82 Å². The number of rotatable bonds is 6. The first-order valence-electron chi connectivity index (χ1n) is 12.2. The molecule has 1 aliphatic carbocycles. The fourth-order valence-corrected chi connectivity index (χ4v) is 5.80. The molecule has 1 aromatic carbocycles. The summed E-state index contributed by atoms with van der Waals surface area (Å²) in [7, 11) is 3.53. The Balaban J connectivity index is 1.26. The van der Waals surface area contributed by atoms with E-state index in [1.807, 2.05) is 33.0 Å². The van der Waals surface area contributed by atoms with Crippen molar-refractivity contribution in [2.75, 3.05) is 19.5 Å². The van der Waals surface area contributed by atoms with Gasteiger partial charge in [-0.15, -0.1) is 0 Å². The second-order valence-corrected chi connectivity index (χ2v) is 9.98. The molecule has 0 unspecified atom stereocenters. The van der Waals surface area contributed by atoms with Crippen LogP contribution in [0.5, 0.6) is 5.88 Å². The molecular formula is C27H31N5O3. The highest BCUT2D eigenvalue weighted by Gasteiger charge is 2.54. The molecule has 8 heteroatoms. The summed E-state index contributed by atoms with van der Waals surface area (Å²) < 4.78 is 20.6. The number of pyridine rings is 1. The number of aryl methyl sites for hydroxylation is 1. The van der Waals surface area contributed by atoms with Crippen molar-refractivity contribution in [2.24, 2.45) is 5.92 Å². The monoisotopic (exact) mass is 473 g/mol. The minimum atomic E-state index is -0.599. The van der Waals surface area contributed by atoms with E-state index in [-0.39, 0.29) is 18.2 Å². The van der Waals surface area contributed by atoms with E-state index in [1.165, 1.54) is 5.56 Å². The first kappa shape index (κ1) is 22.2. The lowest BCUT2D eigenvalue weighted by Gasteiger charge is -2.24. The average molecular weight is 474 g/mol.